The molecule has 6 nitrogen and oxygen atoms in total. The molecule has 1 aromatic heterocycles. The van der Waals surface area contributed by atoms with Gasteiger partial charge in [-0.25, -0.2) is 0 Å². The first-order chi connectivity index (χ1) is 16.1. The number of hydrogen-bond donors (Lipinski definition) is 0. The summed E-state index contributed by atoms with van der Waals surface area (Å²) in [6, 6.07) is 22.7. The van der Waals surface area contributed by atoms with Crippen molar-refractivity contribution < 1.29 is 4.74 Å². The summed E-state index contributed by atoms with van der Waals surface area (Å²) >= 11 is 0. The Morgan fingerprint density at radius 2 is 1.47 bits per heavy atom. The maximum absolute atomic E-state index is 9.39. The molecule has 34 heavy (non-hydrogen) atoms. The third-order valence-corrected chi connectivity index (χ3v) is 5.67. The maximum Gasteiger partial charge on any atom is 0.154 e. The van der Waals surface area contributed by atoms with Gasteiger partial charge in [0.25, 0.3) is 0 Å². The fourth-order valence-corrected chi connectivity index (χ4v) is 4.48. The Hall–Kier alpha value is -4.16. The zero-order valence-corrected chi connectivity index (χ0v) is 20.1. The largest absolute Gasteiger partial charge is 0.455 e. The van der Waals surface area contributed by atoms with Crippen molar-refractivity contribution in [2.75, 3.05) is 0 Å². The predicted molar refractivity (Wildman–Crippen MR) is 132 cm³/mol. The van der Waals surface area contributed by atoms with Crippen molar-refractivity contribution in [3.05, 3.63) is 77.4 Å². The number of aromatic nitrogens is 3. The fourth-order valence-electron chi connectivity index (χ4n) is 4.48. The van der Waals surface area contributed by atoms with Crippen LogP contribution in [0.15, 0.2) is 60.7 Å². The molecule has 0 atom stereocenters. The molecular weight excluding hydrogens is 422 g/mol. The van der Waals surface area contributed by atoms with Gasteiger partial charge in [0.1, 0.15) is 34.6 Å². The highest BCUT2D eigenvalue weighted by Gasteiger charge is 2.28. The normalized spacial score (nSPS) is 11.7. The van der Waals surface area contributed by atoms with E-state index in [0.717, 1.165) is 23.0 Å². The lowest BCUT2D eigenvalue weighted by Gasteiger charge is -2.33. The quantitative estimate of drug-likeness (QED) is 0.339. The second-order valence-corrected chi connectivity index (χ2v) is 10.3. The smallest absolute Gasteiger partial charge is 0.154 e. The van der Waals surface area contributed by atoms with Crippen molar-refractivity contribution in [2.24, 2.45) is 5.41 Å². The van der Waals surface area contributed by atoms with E-state index in [1.54, 1.807) is 23.0 Å². The monoisotopic (exact) mass is 449 g/mol. The molecule has 0 saturated carbocycles. The predicted octanol–water partition coefficient (Wildman–Crippen LogP) is 6.67. The lowest BCUT2D eigenvalue weighted by molar-refractivity contribution is 0.284. The summed E-state index contributed by atoms with van der Waals surface area (Å²) in [5.41, 5.74) is 4.11. The third kappa shape index (κ3) is 4.77. The molecule has 0 radical (unpaired) electrons. The number of nitrogens with zero attached hydrogens (tertiary/aromatic N) is 5. The summed E-state index contributed by atoms with van der Waals surface area (Å²) in [6.07, 6.45) is 0.995. The second-order valence-electron chi connectivity index (χ2n) is 10.3. The van der Waals surface area contributed by atoms with E-state index in [4.69, 9.17) is 4.74 Å². The van der Waals surface area contributed by atoms with Gasteiger partial charge in [0, 0.05) is 0 Å². The first-order valence-corrected chi connectivity index (χ1v) is 11.2. The van der Waals surface area contributed by atoms with Crippen LogP contribution in [0.4, 0.5) is 0 Å². The molecule has 4 aromatic rings. The second kappa shape index (κ2) is 8.65. The summed E-state index contributed by atoms with van der Waals surface area (Å²) in [5.74, 6) is 1.03. The van der Waals surface area contributed by atoms with Gasteiger partial charge in [-0.3, -0.25) is 0 Å². The van der Waals surface area contributed by atoms with Gasteiger partial charge in [-0.15, -0.1) is 15.0 Å². The van der Waals surface area contributed by atoms with Gasteiger partial charge >= 0.3 is 0 Å². The molecule has 0 bridgehead atoms. The zero-order valence-electron chi connectivity index (χ0n) is 20.1. The summed E-state index contributed by atoms with van der Waals surface area (Å²) in [6.45, 7) is 11.2. The van der Waals surface area contributed by atoms with E-state index in [1.165, 1.54) is 0 Å². The molecule has 0 aliphatic carbocycles. The van der Waals surface area contributed by atoms with Gasteiger partial charge in [0.05, 0.1) is 11.1 Å². The molecule has 0 unspecified atom stereocenters. The molecule has 1 heterocycles. The summed E-state index contributed by atoms with van der Waals surface area (Å²) in [7, 11) is 0. The van der Waals surface area contributed by atoms with Crippen molar-refractivity contribution >= 4 is 11.0 Å². The Morgan fingerprint density at radius 1 is 0.824 bits per heavy atom. The number of benzene rings is 3. The molecule has 0 aliphatic heterocycles. The topological polar surface area (TPSA) is 87.5 Å². The van der Waals surface area contributed by atoms with Crippen molar-refractivity contribution in [3.63, 3.8) is 0 Å². The Labute approximate surface area is 200 Å². The van der Waals surface area contributed by atoms with E-state index in [9.17, 15) is 10.5 Å². The lowest BCUT2D eigenvalue weighted by atomic mass is 9.72. The molecule has 3 aromatic carbocycles. The Kier molecular flexibility index (Phi) is 5.85. The summed E-state index contributed by atoms with van der Waals surface area (Å²) < 4.78 is 6.21. The van der Waals surface area contributed by atoms with Crippen molar-refractivity contribution in [2.45, 2.75) is 46.5 Å². The number of ether oxygens (including phenoxy) is 1. The van der Waals surface area contributed by atoms with Crippen molar-refractivity contribution in [1.29, 1.82) is 10.5 Å². The molecule has 0 spiro atoms. The SMILES string of the molecule is CC(C)(C)CC(C)(C)c1ccc(Oc2ccc(C#N)c(C#N)c2)c(-n2nc3ccccc3n2)c1. The van der Waals surface area contributed by atoms with Crippen LogP contribution in [0, 0.1) is 28.1 Å². The van der Waals surface area contributed by atoms with Crippen LogP contribution in [-0.4, -0.2) is 15.0 Å². The molecule has 0 aliphatic rings. The number of nitriles is 2. The Bertz CT molecular complexity index is 1410. The van der Waals surface area contributed by atoms with Gasteiger partial charge in [-0.1, -0.05) is 52.8 Å². The molecule has 0 saturated heterocycles. The van der Waals surface area contributed by atoms with E-state index in [2.05, 4.69) is 63.0 Å². The van der Waals surface area contributed by atoms with E-state index < -0.39 is 0 Å². The highest BCUT2D eigenvalue weighted by atomic mass is 16.5. The Balaban J connectivity index is 1.83. The van der Waals surface area contributed by atoms with Crippen molar-refractivity contribution in [3.8, 4) is 29.3 Å². The number of fused-ring (bicyclic) bond motifs is 1. The van der Waals surface area contributed by atoms with Crippen LogP contribution in [0.2, 0.25) is 0 Å². The first kappa shape index (κ1) is 23.0. The average Bonchev–Trinajstić information content (AvgIpc) is 3.21. The minimum atomic E-state index is -0.0828. The molecule has 0 amide bonds. The molecule has 0 fully saturated rings. The third-order valence-electron chi connectivity index (χ3n) is 5.67. The van der Waals surface area contributed by atoms with Crippen LogP contribution in [0.25, 0.3) is 16.7 Å². The molecular formula is C28H27N5O. The van der Waals surface area contributed by atoms with Gasteiger partial charge in [0.2, 0.25) is 0 Å². The van der Waals surface area contributed by atoms with Crippen LogP contribution in [-0.2, 0) is 5.41 Å². The lowest BCUT2D eigenvalue weighted by Crippen LogP contribution is -2.25. The van der Waals surface area contributed by atoms with Crippen LogP contribution in [0.1, 0.15) is 57.7 Å². The Morgan fingerprint density at radius 3 is 2.06 bits per heavy atom. The van der Waals surface area contributed by atoms with Gasteiger partial charge in [0.15, 0.2) is 5.75 Å². The molecule has 170 valence electrons. The number of hydrogen-bond acceptors (Lipinski definition) is 5. The highest BCUT2D eigenvalue weighted by Crippen LogP contribution is 2.39. The van der Waals surface area contributed by atoms with Gasteiger partial charge in [-0.05, 0) is 65.3 Å². The summed E-state index contributed by atoms with van der Waals surface area (Å²) in [5, 5.41) is 28.0. The van der Waals surface area contributed by atoms with Crippen molar-refractivity contribution in [1.82, 2.24) is 15.0 Å². The standard InChI is InChI=1S/C28H27N5O/c1-27(2,3)18-28(4,5)21-11-13-26(34-22-12-10-19(16-29)20(14-22)17-30)25(15-21)33-31-23-8-6-7-9-24(23)32-33/h6-15H,18H2,1-5H3. The van der Waals surface area contributed by atoms with Gasteiger partial charge in [-0.2, -0.15) is 10.5 Å². The van der Waals surface area contributed by atoms with Crippen LogP contribution >= 0.6 is 0 Å². The summed E-state index contributed by atoms with van der Waals surface area (Å²) in [4.78, 5) is 1.60. The first-order valence-electron chi connectivity index (χ1n) is 11.2. The average molecular weight is 450 g/mol. The zero-order chi connectivity index (χ0) is 24.5. The molecule has 0 N–H and O–H groups in total. The molecule has 4 rings (SSSR count). The van der Waals surface area contributed by atoms with E-state index in [1.807, 2.05) is 36.4 Å². The fraction of sp³-hybridized carbons (Fsp3) is 0.286. The van der Waals surface area contributed by atoms with E-state index in [-0.39, 0.29) is 16.4 Å². The van der Waals surface area contributed by atoms with Crippen LogP contribution in [0.5, 0.6) is 11.5 Å². The molecule has 6 heteroatoms. The minimum absolute atomic E-state index is 0.0828. The number of rotatable bonds is 5. The maximum atomic E-state index is 9.39. The minimum Gasteiger partial charge on any atom is -0.455 e. The highest BCUT2D eigenvalue weighted by molar-refractivity contribution is 5.73. The van der Waals surface area contributed by atoms with Crippen LogP contribution < -0.4 is 4.74 Å². The van der Waals surface area contributed by atoms with E-state index in [0.29, 0.717) is 22.7 Å². The van der Waals surface area contributed by atoms with E-state index >= 15 is 0 Å². The van der Waals surface area contributed by atoms with Crippen LogP contribution in [0.3, 0.4) is 0 Å². The van der Waals surface area contributed by atoms with Gasteiger partial charge < -0.3 is 4.74 Å².